The average molecular weight is 359 g/mol. The summed E-state index contributed by atoms with van der Waals surface area (Å²) >= 11 is 1.29. The van der Waals surface area contributed by atoms with Gasteiger partial charge in [0.1, 0.15) is 11.3 Å². The highest BCUT2D eigenvalue weighted by molar-refractivity contribution is 7.13. The molecule has 132 valence electrons. The van der Waals surface area contributed by atoms with E-state index in [1.807, 2.05) is 12.1 Å². The summed E-state index contributed by atoms with van der Waals surface area (Å²) in [4.78, 5) is 18.9. The molecule has 0 aliphatic carbocycles. The Balaban J connectivity index is 1.33. The Morgan fingerprint density at radius 2 is 2.16 bits per heavy atom. The van der Waals surface area contributed by atoms with Gasteiger partial charge in [-0.05, 0) is 43.7 Å². The van der Waals surface area contributed by atoms with Crippen molar-refractivity contribution in [1.82, 2.24) is 15.2 Å². The minimum absolute atomic E-state index is 0.215. The molecule has 0 radical (unpaired) electrons. The number of rotatable bonds is 4. The van der Waals surface area contributed by atoms with E-state index in [-0.39, 0.29) is 5.91 Å². The molecule has 0 bridgehead atoms. The molecule has 0 saturated carbocycles. The molecule has 1 unspecified atom stereocenters. The first-order chi connectivity index (χ1) is 12.3. The second-order valence-electron chi connectivity index (χ2n) is 6.48. The number of nitrogens with zero attached hydrogens (tertiary/aromatic N) is 4. The van der Waals surface area contributed by atoms with Gasteiger partial charge in [-0.2, -0.15) is 0 Å². The SMILES string of the molecule is O=C(Nc1nncs1)c1ccc(N2CCC(C3CCCO3)CC2)nc1. The van der Waals surface area contributed by atoms with Crippen molar-refractivity contribution >= 4 is 28.2 Å². The van der Waals surface area contributed by atoms with Gasteiger partial charge in [0.05, 0.1) is 11.7 Å². The van der Waals surface area contributed by atoms with E-state index in [1.54, 1.807) is 11.7 Å². The minimum atomic E-state index is -0.215. The maximum absolute atomic E-state index is 12.1. The number of ether oxygens (including phenoxy) is 1. The topological polar surface area (TPSA) is 80.2 Å². The highest BCUT2D eigenvalue weighted by Gasteiger charge is 2.29. The fraction of sp³-hybridized carbons (Fsp3) is 0.529. The predicted octanol–water partition coefficient (Wildman–Crippen LogP) is 2.58. The third kappa shape index (κ3) is 3.80. The first kappa shape index (κ1) is 16.4. The van der Waals surface area contributed by atoms with Crippen LogP contribution in [-0.2, 0) is 4.74 Å². The number of hydrogen-bond donors (Lipinski definition) is 1. The zero-order chi connectivity index (χ0) is 17.1. The molecule has 4 heterocycles. The first-order valence-corrected chi connectivity index (χ1v) is 9.58. The molecule has 2 saturated heterocycles. The highest BCUT2D eigenvalue weighted by Crippen LogP contribution is 2.30. The molecule has 8 heteroatoms. The molecule has 1 amide bonds. The van der Waals surface area contributed by atoms with E-state index < -0.39 is 0 Å². The van der Waals surface area contributed by atoms with Crippen LogP contribution >= 0.6 is 11.3 Å². The Kier molecular flexibility index (Phi) is 4.89. The van der Waals surface area contributed by atoms with Crippen molar-refractivity contribution in [3.63, 3.8) is 0 Å². The lowest BCUT2D eigenvalue weighted by molar-refractivity contribution is 0.0531. The third-order valence-corrected chi connectivity index (χ3v) is 5.55. The molecular formula is C17H21N5O2S. The number of piperidine rings is 1. The second kappa shape index (κ2) is 7.45. The van der Waals surface area contributed by atoms with Gasteiger partial charge < -0.3 is 9.64 Å². The smallest absolute Gasteiger partial charge is 0.259 e. The van der Waals surface area contributed by atoms with Crippen molar-refractivity contribution in [2.75, 3.05) is 29.9 Å². The van der Waals surface area contributed by atoms with Gasteiger partial charge in [0, 0.05) is 25.9 Å². The Labute approximate surface area is 150 Å². The van der Waals surface area contributed by atoms with E-state index in [1.165, 1.54) is 24.2 Å². The summed E-state index contributed by atoms with van der Waals surface area (Å²) in [5, 5.41) is 10.7. The van der Waals surface area contributed by atoms with Crippen LogP contribution < -0.4 is 10.2 Å². The van der Waals surface area contributed by atoms with E-state index in [0.717, 1.165) is 38.4 Å². The lowest BCUT2D eigenvalue weighted by Gasteiger charge is -2.35. The van der Waals surface area contributed by atoms with Crippen molar-refractivity contribution in [3.8, 4) is 0 Å². The Morgan fingerprint density at radius 1 is 1.28 bits per heavy atom. The molecular weight excluding hydrogens is 338 g/mol. The number of amides is 1. The molecule has 2 aromatic heterocycles. The van der Waals surface area contributed by atoms with E-state index in [4.69, 9.17) is 4.74 Å². The number of carbonyl (C=O) groups is 1. The van der Waals surface area contributed by atoms with Crippen LogP contribution in [0.2, 0.25) is 0 Å². The van der Waals surface area contributed by atoms with Crippen LogP contribution in [0, 0.1) is 5.92 Å². The minimum Gasteiger partial charge on any atom is -0.378 e. The normalized spacial score (nSPS) is 21.4. The zero-order valence-corrected chi connectivity index (χ0v) is 14.7. The highest BCUT2D eigenvalue weighted by atomic mass is 32.1. The standard InChI is InChI=1S/C17H21N5O2S/c23-16(20-17-21-19-11-25-17)13-3-4-15(18-10-13)22-7-5-12(6-8-22)14-2-1-9-24-14/h3-4,10-12,14H,1-2,5-9H2,(H,20,21,23). The first-order valence-electron chi connectivity index (χ1n) is 8.70. The fourth-order valence-electron chi connectivity index (χ4n) is 3.58. The van der Waals surface area contributed by atoms with Gasteiger partial charge in [-0.3, -0.25) is 10.1 Å². The van der Waals surface area contributed by atoms with E-state index in [2.05, 4.69) is 25.4 Å². The molecule has 1 atom stereocenters. The molecule has 0 aromatic carbocycles. The largest absolute Gasteiger partial charge is 0.378 e. The van der Waals surface area contributed by atoms with Crippen LogP contribution in [0.25, 0.3) is 0 Å². The number of nitrogens with one attached hydrogen (secondary N) is 1. The van der Waals surface area contributed by atoms with Crippen LogP contribution in [0.1, 0.15) is 36.0 Å². The quantitative estimate of drug-likeness (QED) is 0.904. The molecule has 0 spiro atoms. The van der Waals surface area contributed by atoms with Crippen LogP contribution in [-0.4, -0.2) is 46.9 Å². The maximum Gasteiger partial charge on any atom is 0.259 e. The monoisotopic (exact) mass is 359 g/mol. The summed E-state index contributed by atoms with van der Waals surface area (Å²) < 4.78 is 5.83. The average Bonchev–Trinajstić information content (AvgIpc) is 3.36. The summed E-state index contributed by atoms with van der Waals surface area (Å²) in [6, 6.07) is 3.73. The van der Waals surface area contributed by atoms with E-state index >= 15 is 0 Å². The Hall–Kier alpha value is -2.06. The summed E-state index contributed by atoms with van der Waals surface area (Å²) in [5.74, 6) is 1.39. The molecule has 2 fully saturated rings. The lowest BCUT2D eigenvalue weighted by Crippen LogP contribution is -2.38. The van der Waals surface area contributed by atoms with Gasteiger partial charge in [-0.1, -0.05) is 11.3 Å². The van der Waals surface area contributed by atoms with Gasteiger partial charge in [0.15, 0.2) is 0 Å². The number of pyridine rings is 1. The summed E-state index contributed by atoms with van der Waals surface area (Å²) in [6.07, 6.45) is 6.78. The number of carbonyl (C=O) groups excluding carboxylic acids is 1. The van der Waals surface area contributed by atoms with Crippen molar-refractivity contribution in [1.29, 1.82) is 0 Å². The van der Waals surface area contributed by atoms with Gasteiger partial charge in [-0.15, -0.1) is 10.2 Å². The van der Waals surface area contributed by atoms with Crippen molar-refractivity contribution in [2.24, 2.45) is 5.92 Å². The Bertz CT molecular complexity index is 692. The number of aromatic nitrogens is 3. The van der Waals surface area contributed by atoms with E-state index in [0.29, 0.717) is 22.7 Å². The van der Waals surface area contributed by atoms with Gasteiger partial charge in [0.2, 0.25) is 5.13 Å². The van der Waals surface area contributed by atoms with Gasteiger partial charge in [0.25, 0.3) is 5.91 Å². The molecule has 2 aliphatic heterocycles. The molecule has 2 aromatic rings. The maximum atomic E-state index is 12.1. The molecule has 25 heavy (non-hydrogen) atoms. The van der Waals surface area contributed by atoms with Crippen LogP contribution in [0.15, 0.2) is 23.8 Å². The summed E-state index contributed by atoms with van der Waals surface area (Å²) in [6.45, 7) is 2.91. The summed E-state index contributed by atoms with van der Waals surface area (Å²) in [7, 11) is 0. The zero-order valence-electron chi connectivity index (χ0n) is 13.9. The van der Waals surface area contributed by atoms with Crippen molar-refractivity contribution < 1.29 is 9.53 Å². The van der Waals surface area contributed by atoms with Gasteiger partial charge in [-0.25, -0.2) is 4.98 Å². The molecule has 2 aliphatic rings. The predicted molar refractivity (Wildman–Crippen MR) is 96.0 cm³/mol. The lowest BCUT2D eigenvalue weighted by atomic mass is 9.90. The molecule has 7 nitrogen and oxygen atoms in total. The summed E-state index contributed by atoms with van der Waals surface area (Å²) in [5.41, 5.74) is 2.10. The Morgan fingerprint density at radius 3 is 2.80 bits per heavy atom. The van der Waals surface area contributed by atoms with Crippen LogP contribution in [0.3, 0.4) is 0 Å². The van der Waals surface area contributed by atoms with Crippen LogP contribution in [0.4, 0.5) is 10.9 Å². The van der Waals surface area contributed by atoms with Crippen molar-refractivity contribution in [3.05, 3.63) is 29.4 Å². The molecule has 1 N–H and O–H groups in total. The van der Waals surface area contributed by atoms with Crippen molar-refractivity contribution in [2.45, 2.75) is 31.8 Å². The third-order valence-electron chi connectivity index (χ3n) is 4.94. The van der Waals surface area contributed by atoms with Gasteiger partial charge >= 0.3 is 0 Å². The fourth-order valence-corrected chi connectivity index (χ4v) is 4.02. The number of hydrogen-bond acceptors (Lipinski definition) is 7. The number of anilines is 2. The van der Waals surface area contributed by atoms with E-state index in [9.17, 15) is 4.79 Å². The second-order valence-corrected chi connectivity index (χ2v) is 7.31. The van der Waals surface area contributed by atoms with Crippen LogP contribution in [0.5, 0.6) is 0 Å². The molecule has 4 rings (SSSR count).